The third kappa shape index (κ3) is 4.41. The summed E-state index contributed by atoms with van der Waals surface area (Å²) in [5.74, 6) is 0.790. The Hall–Kier alpha value is -0.690. The first-order valence-corrected chi connectivity index (χ1v) is 9.37. The number of thioether (sulfide) groups is 1. The number of unbranched alkanes of at least 4 members (excludes halogenated alkanes) is 2. The summed E-state index contributed by atoms with van der Waals surface area (Å²) in [6, 6.07) is 11.1. The van der Waals surface area contributed by atoms with Crippen LogP contribution in [0.25, 0.3) is 0 Å². The van der Waals surface area contributed by atoms with Crippen LogP contribution < -0.4 is 0 Å². The molecule has 1 aromatic rings. The molecule has 0 aromatic heterocycles. The van der Waals surface area contributed by atoms with Crippen molar-refractivity contribution in [3.8, 4) is 0 Å². The van der Waals surface area contributed by atoms with Gasteiger partial charge in [0.1, 0.15) is 0 Å². The molecule has 0 bridgehead atoms. The van der Waals surface area contributed by atoms with E-state index in [1.54, 1.807) is 16.0 Å². The fraction of sp³-hybridized carbons (Fsp3) is 0.579. The zero-order chi connectivity index (χ0) is 14.2. The van der Waals surface area contributed by atoms with Crippen molar-refractivity contribution >= 4 is 11.8 Å². The molecule has 0 unspecified atom stereocenters. The summed E-state index contributed by atoms with van der Waals surface area (Å²) in [5.41, 5.74) is 3.31. The van der Waals surface area contributed by atoms with Crippen molar-refractivity contribution in [1.29, 1.82) is 0 Å². The summed E-state index contributed by atoms with van der Waals surface area (Å²) in [6.07, 6.45) is 13.0. The molecule has 1 saturated carbocycles. The van der Waals surface area contributed by atoms with Gasteiger partial charge in [-0.1, -0.05) is 55.7 Å². The fourth-order valence-corrected chi connectivity index (χ4v) is 4.10. The first kappa shape index (κ1) is 15.7. The molecule has 2 rings (SSSR count). The Morgan fingerprint density at radius 2 is 1.80 bits per heavy atom. The van der Waals surface area contributed by atoms with Crippen LogP contribution in [0.1, 0.15) is 69.8 Å². The van der Waals surface area contributed by atoms with E-state index < -0.39 is 0 Å². The summed E-state index contributed by atoms with van der Waals surface area (Å²) in [5, 5.41) is 0. The number of benzene rings is 1. The molecule has 0 N–H and O–H groups in total. The van der Waals surface area contributed by atoms with Crippen molar-refractivity contribution < 1.29 is 0 Å². The lowest BCUT2D eigenvalue weighted by molar-refractivity contribution is 0.513. The molecule has 110 valence electrons. The minimum atomic E-state index is 0.790. The molecule has 0 saturated heterocycles. The van der Waals surface area contributed by atoms with Crippen LogP contribution in [-0.4, -0.2) is 6.26 Å². The standard InChI is InChI=1S/C19H28S/c1-3-4-6-11-19(20-2)18-14-12-17(13-15-18)16-9-7-5-8-10-16/h5,7-10,17H,3-4,6,11-15H2,1-2H3. The van der Waals surface area contributed by atoms with Crippen molar-refractivity contribution in [2.75, 3.05) is 6.26 Å². The maximum atomic E-state index is 2.30. The van der Waals surface area contributed by atoms with Crippen LogP contribution in [-0.2, 0) is 0 Å². The van der Waals surface area contributed by atoms with Crippen molar-refractivity contribution in [3.63, 3.8) is 0 Å². The highest BCUT2D eigenvalue weighted by atomic mass is 32.2. The van der Waals surface area contributed by atoms with Crippen molar-refractivity contribution in [1.82, 2.24) is 0 Å². The molecule has 0 atom stereocenters. The quantitative estimate of drug-likeness (QED) is 0.535. The van der Waals surface area contributed by atoms with Crippen molar-refractivity contribution in [2.45, 2.75) is 64.2 Å². The number of hydrogen-bond donors (Lipinski definition) is 0. The molecule has 1 aliphatic rings. The lowest BCUT2D eigenvalue weighted by Crippen LogP contribution is -2.07. The van der Waals surface area contributed by atoms with E-state index in [0.29, 0.717) is 0 Å². The van der Waals surface area contributed by atoms with E-state index in [1.165, 1.54) is 51.4 Å². The van der Waals surface area contributed by atoms with E-state index in [1.807, 2.05) is 11.8 Å². The second-order valence-corrected chi connectivity index (χ2v) is 6.77. The van der Waals surface area contributed by atoms with Crippen molar-refractivity contribution in [2.24, 2.45) is 0 Å². The SMILES string of the molecule is CCCCCC(SC)=C1CCC(c2ccccc2)CC1. The Labute approximate surface area is 129 Å². The third-order valence-corrected chi connectivity index (χ3v) is 5.49. The van der Waals surface area contributed by atoms with Gasteiger partial charge in [0.25, 0.3) is 0 Å². The van der Waals surface area contributed by atoms with Gasteiger partial charge in [-0.05, 0) is 61.2 Å². The topological polar surface area (TPSA) is 0 Å². The van der Waals surface area contributed by atoms with Gasteiger partial charge in [-0.2, -0.15) is 0 Å². The fourth-order valence-electron chi connectivity index (χ4n) is 3.26. The lowest BCUT2D eigenvalue weighted by Gasteiger charge is -2.26. The molecule has 0 amide bonds. The minimum absolute atomic E-state index is 0.790. The largest absolute Gasteiger partial charge is 0.134 e. The van der Waals surface area contributed by atoms with Crippen LogP contribution in [0.3, 0.4) is 0 Å². The maximum Gasteiger partial charge on any atom is -0.0140 e. The van der Waals surface area contributed by atoms with Gasteiger partial charge in [-0.25, -0.2) is 0 Å². The average Bonchev–Trinajstić information content (AvgIpc) is 2.53. The van der Waals surface area contributed by atoms with E-state index >= 15 is 0 Å². The number of rotatable bonds is 6. The molecular weight excluding hydrogens is 260 g/mol. The van der Waals surface area contributed by atoms with Crippen LogP contribution in [0.2, 0.25) is 0 Å². The molecule has 0 heterocycles. The van der Waals surface area contributed by atoms with Gasteiger partial charge in [0.05, 0.1) is 0 Å². The van der Waals surface area contributed by atoms with Crippen LogP contribution in [0.5, 0.6) is 0 Å². The highest BCUT2D eigenvalue weighted by Gasteiger charge is 2.19. The normalized spacial score (nSPS) is 19.1. The first-order chi connectivity index (χ1) is 9.85. The van der Waals surface area contributed by atoms with E-state index in [-0.39, 0.29) is 0 Å². The van der Waals surface area contributed by atoms with E-state index in [9.17, 15) is 0 Å². The van der Waals surface area contributed by atoms with Crippen LogP contribution in [0, 0.1) is 0 Å². The predicted octanol–water partition coefficient (Wildman–Crippen LogP) is 6.54. The van der Waals surface area contributed by atoms with Gasteiger partial charge < -0.3 is 0 Å². The molecule has 1 aliphatic carbocycles. The Morgan fingerprint density at radius 1 is 1.10 bits per heavy atom. The third-order valence-electron chi connectivity index (χ3n) is 4.51. The Bertz CT molecular complexity index is 409. The highest BCUT2D eigenvalue weighted by Crippen LogP contribution is 2.39. The first-order valence-electron chi connectivity index (χ1n) is 8.15. The Kier molecular flexibility index (Phi) is 6.72. The van der Waals surface area contributed by atoms with Gasteiger partial charge >= 0.3 is 0 Å². The molecule has 20 heavy (non-hydrogen) atoms. The molecule has 1 fully saturated rings. The molecule has 1 heteroatoms. The molecule has 0 radical (unpaired) electrons. The van der Waals surface area contributed by atoms with Gasteiger partial charge in [-0.3, -0.25) is 0 Å². The van der Waals surface area contributed by atoms with E-state index in [4.69, 9.17) is 0 Å². The number of allylic oxidation sites excluding steroid dienone is 2. The number of hydrogen-bond acceptors (Lipinski definition) is 1. The summed E-state index contributed by atoms with van der Waals surface area (Å²) in [7, 11) is 0. The maximum absolute atomic E-state index is 2.30. The molecule has 0 aliphatic heterocycles. The molecule has 0 spiro atoms. The predicted molar refractivity (Wildman–Crippen MR) is 92.3 cm³/mol. The molecule has 0 nitrogen and oxygen atoms in total. The lowest BCUT2D eigenvalue weighted by atomic mass is 9.81. The molecule has 1 aromatic carbocycles. The van der Waals surface area contributed by atoms with Gasteiger partial charge in [-0.15, -0.1) is 11.8 Å². The highest BCUT2D eigenvalue weighted by molar-refractivity contribution is 8.02. The molecular formula is C19H28S. The van der Waals surface area contributed by atoms with Crippen LogP contribution in [0.4, 0.5) is 0 Å². The zero-order valence-corrected chi connectivity index (χ0v) is 13.8. The van der Waals surface area contributed by atoms with Gasteiger partial charge in [0, 0.05) is 0 Å². The Morgan fingerprint density at radius 3 is 2.40 bits per heavy atom. The zero-order valence-electron chi connectivity index (χ0n) is 13.0. The summed E-state index contributed by atoms with van der Waals surface area (Å²) >= 11 is 2.00. The van der Waals surface area contributed by atoms with Crippen LogP contribution >= 0.6 is 11.8 Å². The van der Waals surface area contributed by atoms with E-state index in [0.717, 1.165) is 5.92 Å². The summed E-state index contributed by atoms with van der Waals surface area (Å²) < 4.78 is 0. The Balaban J connectivity index is 1.91. The van der Waals surface area contributed by atoms with Crippen molar-refractivity contribution in [3.05, 3.63) is 46.4 Å². The second-order valence-electron chi connectivity index (χ2n) is 5.87. The summed E-state index contributed by atoms with van der Waals surface area (Å²) in [4.78, 5) is 1.70. The van der Waals surface area contributed by atoms with E-state index in [2.05, 4.69) is 43.5 Å². The monoisotopic (exact) mass is 288 g/mol. The van der Waals surface area contributed by atoms with Crippen LogP contribution in [0.15, 0.2) is 40.8 Å². The smallest absolute Gasteiger partial charge is 0.0140 e. The minimum Gasteiger partial charge on any atom is -0.134 e. The second kappa shape index (κ2) is 8.56. The van der Waals surface area contributed by atoms with Gasteiger partial charge in [0.15, 0.2) is 0 Å². The average molecular weight is 289 g/mol. The summed E-state index contributed by atoms with van der Waals surface area (Å²) in [6.45, 7) is 2.29. The van der Waals surface area contributed by atoms with Gasteiger partial charge in [0.2, 0.25) is 0 Å².